The number of rotatable bonds is 1. The van der Waals surface area contributed by atoms with E-state index in [0.717, 1.165) is 5.56 Å². The van der Waals surface area contributed by atoms with E-state index >= 15 is 0 Å². The first-order valence-electron chi connectivity index (χ1n) is 2.66. The first-order valence-corrected chi connectivity index (χ1v) is 3.93. The Morgan fingerprint density at radius 2 is 1.60 bits per heavy atom. The highest BCUT2D eigenvalue weighted by atomic mass is 35.5. The molecule has 1 aromatic rings. The fourth-order valence-corrected chi connectivity index (χ4v) is 1.34. The molecule has 0 nitrogen and oxygen atoms in total. The maximum Gasteiger partial charge on any atom is 0.0425 e. The van der Waals surface area contributed by atoms with E-state index in [9.17, 15) is 0 Å². The zero-order chi connectivity index (χ0) is 7.56. The molecule has 0 atom stereocenters. The van der Waals surface area contributed by atoms with E-state index in [1.807, 2.05) is 0 Å². The Balaban J connectivity index is 3.06. The summed E-state index contributed by atoms with van der Waals surface area (Å²) in [7, 11) is 0. The molecule has 1 radical (unpaired) electrons. The molecule has 0 amide bonds. The van der Waals surface area contributed by atoms with Crippen LogP contribution in [-0.2, 0) is 0 Å². The molecule has 0 saturated heterocycles. The van der Waals surface area contributed by atoms with Gasteiger partial charge in [-0.2, -0.15) is 12.6 Å². The van der Waals surface area contributed by atoms with Crippen molar-refractivity contribution < 1.29 is 0 Å². The van der Waals surface area contributed by atoms with Crippen molar-refractivity contribution in [1.82, 2.24) is 0 Å². The summed E-state index contributed by atoms with van der Waals surface area (Å²) in [6.07, 6.45) is 0. The highest BCUT2D eigenvalue weighted by Crippen LogP contribution is 2.20. The van der Waals surface area contributed by atoms with Gasteiger partial charge in [0.1, 0.15) is 0 Å². The summed E-state index contributed by atoms with van der Waals surface area (Å²) in [5, 5.41) is 1.26. The van der Waals surface area contributed by atoms with Crippen LogP contribution in [0.4, 0.5) is 0 Å². The Bertz CT molecular complexity index is 215. The van der Waals surface area contributed by atoms with Crippen LogP contribution >= 0.6 is 35.8 Å². The van der Waals surface area contributed by atoms with Crippen LogP contribution in [0.1, 0.15) is 5.56 Å². The van der Waals surface area contributed by atoms with E-state index in [-0.39, 0.29) is 0 Å². The van der Waals surface area contributed by atoms with Crippen molar-refractivity contribution in [2.45, 2.75) is 0 Å². The lowest BCUT2D eigenvalue weighted by atomic mass is 10.2. The average Bonchev–Trinajstić information content (AvgIpc) is 1.85. The summed E-state index contributed by atoms with van der Waals surface area (Å²) in [5.74, 6) is 1.65. The summed E-state index contributed by atoms with van der Waals surface area (Å²) in [4.78, 5) is 0. The normalized spacial score (nSPS) is 9.90. The number of benzene rings is 1. The van der Waals surface area contributed by atoms with Gasteiger partial charge in [-0.3, -0.25) is 0 Å². The molecule has 1 rings (SSSR count). The van der Waals surface area contributed by atoms with Gasteiger partial charge in [0.05, 0.1) is 0 Å². The van der Waals surface area contributed by atoms with Crippen molar-refractivity contribution >= 4 is 35.8 Å². The van der Waals surface area contributed by atoms with Crippen molar-refractivity contribution in [2.24, 2.45) is 0 Å². The lowest BCUT2D eigenvalue weighted by Crippen LogP contribution is -1.74. The third kappa shape index (κ3) is 2.08. The van der Waals surface area contributed by atoms with Crippen molar-refractivity contribution in [1.29, 1.82) is 0 Å². The largest absolute Gasteiger partial charge is 0.170 e. The van der Waals surface area contributed by atoms with Crippen molar-refractivity contribution in [2.75, 3.05) is 0 Å². The molecule has 0 N–H and O–H groups in total. The van der Waals surface area contributed by atoms with Crippen LogP contribution in [-0.4, -0.2) is 0 Å². The van der Waals surface area contributed by atoms with Crippen LogP contribution < -0.4 is 0 Å². The highest BCUT2D eigenvalue weighted by Gasteiger charge is 1.94. The van der Waals surface area contributed by atoms with Gasteiger partial charge in [-0.15, -0.1) is 0 Å². The second kappa shape index (κ2) is 3.51. The fourth-order valence-electron chi connectivity index (χ4n) is 0.650. The predicted octanol–water partition coefficient (Wildman–Crippen LogP) is 3.43. The van der Waals surface area contributed by atoms with Crippen LogP contribution in [0, 0.1) is 5.75 Å². The van der Waals surface area contributed by atoms with E-state index in [4.69, 9.17) is 23.2 Å². The van der Waals surface area contributed by atoms with Crippen LogP contribution in [0.2, 0.25) is 10.0 Å². The monoisotopic (exact) mass is 191 g/mol. The zero-order valence-corrected chi connectivity index (χ0v) is 7.42. The van der Waals surface area contributed by atoms with Gasteiger partial charge in [0.15, 0.2) is 0 Å². The number of hydrogen-bond acceptors (Lipinski definition) is 1. The minimum absolute atomic E-state index is 0.632. The summed E-state index contributed by atoms with van der Waals surface area (Å²) in [6, 6.07) is 5.27. The molecule has 0 saturated carbocycles. The summed E-state index contributed by atoms with van der Waals surface area (Å²) < 4.78 is 0. The second-order valence-corrected chi connectivity index (χ2v) is 2.96. The van der Waals surface area contributed by atoms with Gasteiger partial charge in [-0.05, 0) is 23.8 Å². The molecule has 0 aliphatic rings. The molecule has 0 heterocycles. The summed E-state index contributed by atoms with van der Waals surface area (Å²) in [5.41, 5.74) is 0.917. The van der Waals surface area contributed by atoms with Crippen LogP contribution in [0.15, 0.2) is 18.2 Å². The first kappa shape index (κ1) is 8.25. The van der Waals surface area contributed by atoms with Crippen molar-refractivity contribution in [3.63, 3.8) is 0 Å². The molecule has 0 aromatic heterocycles. The van der Waals surface area contributed by atoms with Crippen molar-refractivity contribution in [3.05, 3.63) is 39.6 Å². The lowest BCUT2D eigenvalue weighted by molar-refractivity contribution is 1.59. The lowest BCUT2D eigenvalue weighted by Gasteiger charge is -1.96. The smallest absolute Gasteiger partial charge is 0.0425 e. The molecule has 0 fully saturated rings. The minimum atomic E-state index is 0.632. The van der Waals surface area contributed by atoms with E-state index in [0.29, 0.717) is 10.0 Å². The summed E-state index contributed by atoms with van der Waals surface area (Å²) in [6.45, 7) is 0. The third-order valence-electron chi connectivity index (χ3n) is 1.03. The third-order valence-corrected chi connectivity index (χ3v) is 1.77. The Morgan fingerprint density at radius 3 is 2.00 bits per heavy atom. The maximum atomic E-state index is 5.69. The Kier molecular flexibility index (Phi) is 2.90. The van der Waals surface area contributed by atoms with E-state index < -0.39 is 0 Å². The van der Waals surface area contributed by atoms with Gasteiger partial charge >= 0.3 is 0 Å². The second-order valence-electron chi connectivity index (χ2n) is 1.83. The Labute approximate surface area is 75.6 Å². The van der Waals surface area contributed by atoms with Crippen LogP contribution in [0.3, 0.4) is 0 Å². The Hall–Kier alpha value is 0.150. The first-order chi connectivity index (χ1) is 4.72. The standard InChI is InChI=1S/C7H5Cl2S/c8-6-1-5(4-10)2-7(9)3-6/h1-4,10H. The van der Waals surface area contributed by atoms with Gasteiger partial charge in [-0.25, -0.2) is 0 Å². The molecule has 1 aromatic carbocycles. The minimum Gasteiger partial charge on any atom is -0.170 e. The molecule has 0 aliphatic carbocycles. The van der Waals surface area contributed by atoms with E-state index in [1.165, 1.54) is 0 Å². The van der Waals surface area contributed by atoms with Crippen LogP contribution in [0.25, 0.3) is 0 Å². The van der Waals surface area contributed by atoms with Gasteiger partial charge in [-0.1, -0.05) is 23.2 Å². The SMILES string of the molecule is S[CH]c1cc(Cl)cc(Cl)c1. The van der Waals surface area contributed by atoms with Gasteiger partial charge in [0.2, 0.25) is 0 Å². The van der Waals surface area contributed by atoms with Gasteiger partial charge in [0.25, 0.3) is 0 Å². The molecule has 10 heavy (non-hydrogen) atoms. The molecule has 0 unspecified atom stereocenters. The quantitative estimate of drug-likeness (QED) is 0.647. The Morgan fingerprint density at radius 1 is 1.10 bits per heavy atom. The topological polar surface area (TPSA) is 0 Å². The average molecular weight is 192 g/mol. The van der Waals surface area contributed by atoms with Crippen molar-refractivity contribution in [3.8, 4) is 0 Å². The highest BCUT2D eigenvalue weighted by molar-refractivity contribution is 7.82. The van der Waals surface area contributed by atoms with Gasteiger partial charge in [0, 0.05) is 15.8 Å². The van der Waals surface area contributed by atoms with Gasteiger partial charge < -0.3 is 0 Å². The number of halogens is 2. The van der Waals surface area contributed by atoms with E-state index in [2.05, 4.69) is 12.6 Å². The molecule has 53 valence electrons. The summed E-state index contributed by atoms with van der Waals surface area (Å²) >= 11 is 15.3. The molecule has 0 spiro atoms. The van der Waals surface area contributed by atoms with E-state index in [1.54, 1.807) is 24.0 Å². The molecular weight excluding hydrogens is 187 g/mol. The number of hydrogen-bond donors (Lipinski definition) is 1. The zero-order valence-electron chi connectivity index (χ0n) is 5.01. The predicted molar refractivity (Wildman–Crippen MR) is 48.9 cm³/mol. The number of thiol groups is 1. The fraction of sp³-hybridized carbons (Fsp3) is 0. The van der Waals surface area contributed by atoms with Crippen LogP contribution in [0.5, 0.6) is 0 Å². The maximum absolute atomic E-state index is 5.69. The molecule has 0 bridgehead atoms. The molecule has 3 heteroatoms. The molecule has 0 aliphatic heterocycles. The molecular formula is C7H5Cl2S.